The van der Waals surface area contributed by atoms with Crippen molar-refractivity contribution < 1.29 is 17.9 Å². The maximum absolute atomic E-state index is 12.2. The molecule has 0 saturated heterocycles. The number of sulfonamides is 1. The summed E-state index contributed by atoms with van der Waals surface area (Å²) in [5.41, 5.74) is 0.941. The monoisotopic (exact) mass is 378 g/mol. The third-order valence-electron chi connectivity index (χ3n) is 3.32. The molecule has 0 fully saturated rings. The van der Waals surface area contributed by atoms with Gasteiger partial charge in [0.25, 0.3) is 0 Å². The fourth-order valence-corrected chi connectivity index (χ4v) is 3.31. The van der Waals surface area contributed by atoms with Gasteiger partial charge in [-0.3, -0.25) is 4.79 Å². The first-order valence-electron chi connectivity index (χ1n) is 7.26. The van der Waals surface area contributed by atoms with Gasteiger partial charge in [0.05, 0.1) is 16.5 Å². The molecule has 0 aliphatic carbocycles. The van der Waals surface area contributed by atoms with Crippen molar-refractivity contribution in [1.29, 1.82) is 5.26 Å². The summed E-state index contributed by atoms with van der Waals surface area (Å²) >= 11 is 5.73. The van der Waals surface area contributed by atoms with E-state index in [2.05, 4.69) is 4.72 Å². The number of benzene rings is 2. The summed E-state index contributed by atoms with van der Waals surface area (Å²) in [6.45, 7) is 1.27. The van der Waals surface area contributed by atoms with Gasteiger partial charge in [-0.05, 0) is 37.3 Å². The molecule has 0 bridgehead atoms. The number of carbonyl (C=O) groups is 1. The number of ether oxygens (including phenoxy) is 1. The van der Waals surface area contributed by atoms with E-state index in [1.54, 1.807) is 24.3 Å². The Morgan fingerprint density at radius 1 is 1.24 bits per heavy atom. The predicted octanol–water partition coefficient (Wildman–Crippen LogP) is 2.62. The van der Waals surface area contributed by atoms with E-state index in [0.717, 1.165) is 0 Å². The number of nitrogens with one attached hydrogen (secondary N) is 1. The zero-order valence-corrected chi connectivity index (χ0v) is 14.8. The van der Waals surface area contributed by atoms with Crippen LogP contribution in [0.3, 0.4) is 0 Å². The van der Waals surface area contributed by atoms with E-state index in [9.17, 15) is 13.2 Å². The van der Waals surface area contributed by atoms with Crippen molar-refractivity contribution in [3.05, 3.63) is 64.7 Å². The largest absolute Gasteiger partial charge is 0.460 e. The number of esters is 1. The molecule has 0 heterocycles. The van der Waals surface area contributed by atoms with Gasteiger partial charge in [0.1, 0.15) is 12.6 Å². The Bertz CT molecular complexity index is 905. The van der Waals surface area contributed by atoms with Crippen molar-refractivity contribution in [2.24, 2.45) is 0 Å². The van der Waals surface area contributed by atoms with Gasteiger partial charge in [-0.1, -0.05) is 29.8 Å². The maximum atomic E-state index is 12.2. The SMILES string of the molecule is C[C@H](NS(=O)(=O)c1ccc(Cl)cc1)C(=O)OCc1ccccc1C#N. The van der Waals surface area contributed by atoms with Crippen molar-refractivity contribution in [3.63, 3.8) is 0 Å². The van der Waals surface area contributed by atoms with Gasteiger partial charge in [0.2, 0.25) is 10.0 Å². The van der Waals surface area contributed by atoms with Gasteiger partial charge in [-0.2, -0.15) is 9.98 Å². The Balaban J connectivity index is 2.00. The van der Waals surface area contributed by atoms with Gasteiger partial charge in [0, 0.05) is 10.6 Å². The van der Waals surface area contributed by atoms with Crippen LogP contribution in [0.1, 0.15) is 18.1 Å². The van der Waals surface area contributed by atoms with Crippen molar-refractivity contribution in [2.75, 3.05) is 0 Å². The Morgan fingerprint density at radius 3 is 2.52 bits per heavy atom. The first-order chi connectivity index (χ1) is 11.8. The molecule has 0 saturated carbocycles. The minimum Gasteiger partial charge on any atom is -0.460 e. The van der Waals surface area contributed by atoms with Gasteiger partial charge in [-0.25, -0.2) is 8.42 Å². The second-order valence-electron chi connectivity index (χ2n) is 5.17. The highest BCUT2D eigenvalue weighted by Gasteiger charge is 2.23. The second-order valence-corrected chi connectivity index (χ2v) is 7.32. The van der Waals surface area contributed by atoms with Crippen molar-refractivity contribution in [3.8, 4) is 6.07 Å². The van der Waals surface area contributed by atoms with E-state index in [1.165, 1.54) is 31.2 Å². The quantitative estimate of drug-likeness (QED) is 0.779. The highest BCUT2D eigenvalue weighted by atomic mass is 35.5. The average molecular weight is 379 g/mol. The van der Waals surface area contributed by atoms with Gasteiger partial charge in [0.15, 0.2) is 0 Å². The fourth-order valence-electron chi connectivity index (χ4n) is 1.99. The lowest BCUT2D eigenvalue weighted by Crippen LogP contribution is -2.39. The maximum Gasteiger partial charge on any atom is 0.324 e. The summed E-state index contributed by atoms with van der Waals surface area (Å²) in [4.78, 5) is 12.0. The zero-order chi connectivity index (χ0) is 18.4. The lowest BCUT2D eigenvalue weighted by molar-refractivity contribution is -0.146. The van der Waals surface area contributed by atoms with E-state index in [4.69, 9.17) is 21.6 Å². The molecule has 6 nitrogen and oxygen atoms in total. The molecule has 0 unspecified atom stereocenters. The summed E-state index contributed by atoms with van der Waals surface area (Å²) in [6, 6.07) is 13.2. The molecule has 130 valence electrons. The first-order valence-corrected chi connectivity index (χ1v) is 9.12. The molecule has 2 aromatic carbocycles. The number of nitriles is 1. The molecular weight excluding hydrogens is 364 g/mol. The van der Waals surface area contributed by atoms with Crippen LogP contribution in [0.25, 0.3) is 0 Å². The number of rotatable bonds is 6. The number of carbonyl (C=O) groups excluding carboxylic acids is 1. The molecule has 25 heavy (non-hydrogen) atoms. The molecule has 0 radical (unpaired) electrons. The third-order valence-corrected chi connectivity index (χ3v) is 5.13. The fraction of sp³-hybridized carbons (Fsp3) is 0.176. The number of nitrogens with zero attached hydrogens (tertiary/aromatic N) is 1. The number of hydrogen-bond donors (Lipinski definition) is 1. The van der Waals surface area contributed by atoms with Gasteiger partial charge in [-0.15, -0.1) is 0 Å². The van der Waals surface area contributed by atoms with Crippen LogP contribution in [0.5, 0.6) is 0 Å². The van der Waals surface area contributed by atoms with Crippen LogP contribution in [0.15, 0.2) is 53.4 Å². The highest BCUT2D eigenvalue weighted by molar-refractivity contribution is 7.89. The first kappa shape index (κ1) is 18.9. The molecule has 0 amide bonds. The van der Waals surface area contributed by atoms with E-state index in [-0.39, 0.29) is 11.5 Å². The van der Waals surface area contributed by atoms with E-state index in [0.29, 0.717) is 16.1 Å². The lowest BCUT2D eigenvalue weighted by atomic mass is 10.1. The Morgan fingerprint density at radius 2 is 1.88 bits per heavy atom. The summed E-state index contributed by atoms with van der Waals surface area (Å²) in [7, 11) is -3.88. The van der Waals surface area contributed by atoms with Gasteiger partial charge < -0.3 is 4.74 Å². The number of hydrogen-bond acceptors (Lipinski definition) is 5. The Labute approximate surface area is 151 Å². The minimum atomic E-state index is -3.88. The molecule has 2 aromatic rings. The van der Waals surface area contributed by atoms with Crippen LogP contribution < -0.4 is 4.72 Å². The van der Waals surface area contributed by atoms with Crippen molar-refractivity contribution in [2.45, 2.75) is 24.5 Å². The summed E-state index contributed by atoms with van der Waals surface area (Å²) in [5, 5.41) is 9.40. The molecule has 8 heteroatoms. The molecule has 0 spiro atoms. The average Bonchev–Trinajstić information content (AvgIpc) is 2.59. The summed E-state index contributed by atoms with van der Waals surface area (Å²) in [5.74, 6) is -0.745. The highest BCUT2D eigenvalue weighted by Crippen LogP contribution is 2.15. The predicted molar refractivity (Wildman–Crippen MR) is 92.2 cm³/mol. The molecule has 0 aliphatic heterocycles. The van der Waals surface area contributed by atoms with Crippen LogP contribution >= 0.6 is 11.6 Å². The Kier molecular flexibility index (Phi) is 6.15. The topological polar surface area (TPSA) is 96.3 Å². The van der Waals surface area contributed by atoms with Gasteiger partial charge >= 0.3 is 5.97 Å². The van der Waals surface area contributed by atoms with Crippen LogP contribution in [0.2, 0.25) is 5.02 Å². The third kappa shape index (κ3) is 5.03. The molecule has 2 rings (SSSR count). The van der Waals surface area contributed by atoms with E-state index in [1.807, 2.05) is 6.07 Å². The van der Waals surface area contributed by atoms with Crippen LogP contribution in [-0.2, 0) is 26.2 Å². The molecule has 1 N–H and O–H groups in total. The summed E-state index contributed by atoms with van der Waals surface area (Å²) in [6.07, 6.45) is 0. The zero-order valence-electron chi connectivity index (χ0n) is 13.3. The number of halogens is 1. The van der Waals surface area contributed by atoms with E-state index >= 15 is 0 Å². The van der Waals surface area contributed by atoms with Crippen molar-refractivity contribution in [1.82, 2.24) is 4.72 Å². The van der Waals surface area contributed by atoms with Crippen LogP contribution in [0.4, 0.5) is 0 Å². The van der Waals surface area contributed by atoms with E-state index < -0.39 is 22.0 Å². The molecule has 0 aromatic heterocycles. The minimum absolute atomic E-state index is 0.00799. The molecular formula is C17H15ClN2O4S. The van der Waals surface area contributed by atoms with Crippen LogP contribution in [0, 0.1) is 11.3 Å². The standard InChI is InChI=1S/C17H15ClN2O4S/c1-12(20-25(22,23)16-8-6-15(18)7-9-16)17(21)24-11-14-5-3-2-4-13(14)10-19/h2-9,12,20H,11H2,1H3/t12-/m0/s1. The lowest BCUT2D eigenvalue weighted by Gasteiger charge is -2.14. The summed E-state index contributed by atoms with van der Waals surface area (Å²) < 4.78 is 31.8. The van der Waals surface area contributed by atoms with Crippen LogP contribution in [-0.4, -0.2) is 20.4 Å². The second kappa shape index (κ2) is 8.12. The molecule has 1 atom stereocenters. The van der Waals surface area contributed by atoms with Crippen molar-refractivity contribution >= 4 is 27.6 Å². The molecule has 0 aliphatic rings. The smallest absolute Gasteiger partial charge is 0.324 e. The Hall–Kier alpha value is -2.40. The normalized spacial score (nSPS) is 12.2.